The lowest BCUT2D eigenvalue weighted by molar-refractivity contribution is -0.121. The molecule has 0 aliphatic rings. The summed E-state index contributed by atoms with van der Waals surface area (Å²) in [5, 5.41) is 5.86. The summed E-state index contributed by atoms with van der Waals surface area (Å²) >= 11 is 0. The number of amides is 2. The third-order valence-corrected chi connectivity index (χ3v) is 4.61. The molecule has 0 saturated carbocycles. The molecule has 0 unspecified atom stereocenters. The first-order valence-electron chi connectivity index (χ1n) is 9.56. The number of carbonyl (C=O) groups excluding carboxylic acids is 2. The van der Waals surface area contributed by atoms with E-state index in [0.717, 1.165) is 34.3 Å². The molecule has 146 valence electrons. The van der Waals surface area contributed by atoms with Crippen molar-refractivity contribution in [2.75, 3.05) is 5.32 Å². The Balaban J connectivity index is 1.81. The summed E-state index contributed by atoms with van der Waals surface area (Å²) in [5.74, 6) is 0.526. The molecule has 0 aliphatic carbocycles. The van der Waals surface area contributed by atoms with Gasteiger partial charge in [0, 0.05) is 12.1 Å². The molecule has 6 heteroatoms. The van der Waals surface area contributed by atoms with E-state index in [0.29, 0.717) is 18.8 Å². The van der Waals surface area contributed by atoms with Crippen LogP contribution >= 0.6 is 0 Å². The van der Waals surface area contributed by atoms with Gasteiger partial charge in [0.15, 0.2) is 0 Å². The average molecular weight is 378 g/mol. The quantitative estimate of drug-likeness (QED) is 0.658. The number of anilines is 1. The van der Waals surface area contributed by atoms with Gasteiger partial charge in [-0.3, -0.25) is 9.59 Å². The Labute approximate surface area is 165 Å². The van der Waals surface area contributed by atoms with Crippen molar-refractivity contribution in [3.05, 3.63) is 59.4 Å². The fraction of sp³-hybridized carbons (Fsp3) is 0.318. The van der Waals surface area contributed by atoms with E-state index in [-0.39, 0.29) is 18.4 Å². The highest BCUT2D eigenvalue weighted by atomic mass is 16.2. The minimum atomic E-state index is -0.128. The number of hydrogen-bond donors (Lipinski definition) is 2. The largest absolute Gasteiger partial charge is 0.349 e. The molecule has 3 rings (SSSR count). The van der Waals surface area contributed by atoms with Crippen molar-refractivity contribution in [3.8, 4) is 0 Å². The number of hydrogen-bond acceptors (Lipinski definition) is 3. The van der Waals surface area contributed by atoms with Crippen LogP contribution in [-0.4, -0.2) is 21.4 Å². The van der Waals surface area contributed by atoms with E-state index < -0.39 is 0 Å². The fourth-order valence-electron chi connectivity index (χ4n) is 3.22. The van der Waals surface area contributed by atoms with Crippen molar-refractivity contribution in [3.63, 3.8) is 0 Å². The van der Waals surface area contributed by atoms with Crippen LogP contribution in [-0.2, 0) is 22.7 Å². The minimum Gasteiger partial charge on any atom is -0.349 e. The van der Waals surface area contributed by atoms with Crippen LogP contribution < -0.4 is 10.6 Å². The first-order chi connectivity index (χ1) is 13.5. The van der Waals surface area contributed by atoms with Crippen LogP contribution in [0.15, 0.2) is 42.5 Å². The summed E-state index contributed by atoms with van der Waals surface area (Å²) in [6.07, 6.45) is 1.27. The Morgan fingerprint density at radius 3 is 2.61 bits per heavy atom. The average Bonchev–Trinajstić information content (AvgIpc) is 3.00. The van der Waals surface area contributed by atoms with Gasteiger partial charge in [0.2, 0.25) is 11.8 Å². The van der Waals surface area contributed by atoms with Gasteiger partial charge >= 0.3 is 0 Å². The summed E-state index contributed by atoms with van der Waals surface area (Å²) in [7, 11) is 0. The third kappa shape index (κ3) is 4.57. The van der Waals surface area contributed by atoms with E-state index in [1.165, 1.54) is 0 Å². The predicted octanol–water partition coefficient (Wildman–Crippen LogP) is 3.71. The SMILES string of the molecule is CCCC(=O)NCc1nc2ccccc2n1CC(=O)Nc1ccc(C)cc1C. The lowest BCUT2D eigenvalue weighted by Gasteiger charge is -2.12. The minimum absolute atomic E-state index is 0.0131. The smallest absolute Gasteiger partial charge is 0.244 e. The molecule has 0 spiro atoms. The summed E-state index contributed by atoms with van der Waals surface area (Å²) in [4.78, 5) is 29.2. The predicted molar refractivity (Wildman–Crippen MR) is 111 cm³/mol. The molecule has 6 nitrogen and oxygen atoms in total. The first kappa shape index (κ1) is 19.6. The summed E-state index contributed by atoms with van der Waals surface area (Å²) in [6.45, 7) is 6.39. The van der Waals surface area contributed by atoms with Gasteiger partial charge in [-0.1, -0.05) is 36.8 Å². The van der Waals surface area contributed by atoms with Crippen LogP contribution in [0, 0.1) is 13.8 Å². The molecular weight excluding hydrogens is 352 g/mol. The lowest BCUT2D eigenvalue weighted by Crippen LogP contribution is -2.26. The standard InChI is InChI=1S/C22H26N4O2/c1-4-7-21(27)23-13-20-24-18-8-5-6-9-19(18)26(20)14-22(28)25-17-11-10-15(2)12-16(17)3/h5-6,8-12H,4,7,13-14H2,1-3H3,(H,23,27)(H,25,28). The van der Waals surface area contributed by atoms with Crippen LogP contribution in [0.1, 0.15) is 36.7 Å². The van der Waals surface area contributed by atoms with Crippen molar-refractivity contribution in [1.82, 2.24) is 14.9 Å². The highest BCUT2D eigenvalue weighted by Gasteiger charge is 2.15. The van der Waals surface area contributed by atoms with Crippen LogP contribution in [0.25, 0.3) is 11.0 Å². The number of carbonyl (C=O) groups is 2. The van der Waals surface area contributed by atoms with Crippen molar-refractivity contribution < 1.29 is 9.59 Å². The Kier molecular flexibility index (Phi) is 6.09. The topological polar surface area (TPSA) is 76.0 Å². The maximum absolute atomic E-state index is 12.7. The molecule has 1 heterocycles. The highest BCUT2D eigenvalue weighted by Crippen LogP contribution is 2.18. The van der Waals surface area contributed by atoms with Gasteiger partial charge in [0.05, 0.1) is 17.6 Å². The number of benzene rings is 2. The van der Waals surface area contributed by atoms with E-state index in [1.807, 2.05) is 67.8 Å². The molecule has 0 atom stereocenters. The van der Waals surface area contributed by atoms with Crippen molar-refractivity contribution in [2.45, 2.75) is 46.7 Å². The monoisotopic (exact) mass is 378 g/mol. The molecule has 2 aromatic carbocycles. The molecule has 0 bridgehead atoms. The Hall–Kier alpha value is -3.15. The second-order valence-corrected chi connectivity index (χ2v) is 7.00. The molecule has 3 aromatic rings. The molecule has 0 aliphatic heterocycles. The van der Waals surface area contributed by atoms with Crippen molar-refractivity contribution in [2.24, 2.45) is 0 Å². The molecule has 28 heavy (non-hydrogen) atoms. The number of para-hydroxylation sites is 2. The third-order valence-electron chi connectivity index (χ3n) is 4.61. The van der Waals surface area contributed by atoms with Gasteiger partial charge < -0.3 is 15.2 Å². The Morgan fingerprint density at radius 2 is 1.86 bits per heavy atom. The van der Waals surface area contributed by atoms with E-state index >= 15 is 0 Å². The number of imidazole rings is 1. The molecule has 2 amide bonds. The number of aromatic nitrogens is 2. The van der Waals surface area contributed by atoms with Crippen LogP contribution in [0.3, 0.4) is 0 Å². The zero-order valence-electron chi connectivity index (χ0n) is 16.6. The number of rotatable bonds is 7. The Morgan fingerprint density at radius 1 is 1.07 bits per heavy atom. The fourth-order valence-corrected chi connectivity index (χ4v) is 3.22. The molecular formula is C22H26N4O2. The number of nitrogens with zero attached hydrogens (tertiary/aromatic N) is 2. The number of fused-ring (bicyclic) bond motifs is 1. The molecule has 0 fully saturated rings. The second-order valence-electron chi connectivity index (χ2n) is 7.00. The normalized spacial score (nSPS) is 10.8. The van der Waals surface area contributed by atoms with E-state index in [9.17, 15) is 9.59 Å². The van der Waals surface area contributed by atoms with Gasteiger partial charge in [-0.25, -0.2) is 4.98 Å². The summed E-state index contributed by atoms with van der Waals surface area (Å²) < 4.78 is 1.86. The summed E-state index contributed by atoms with van der Waals surface area (Å²) in [6, 6.07) is 13.6. The lowest BCUT2D eigenvalue weighted by atomic mass is 10.1. The Bertz CT molecular complexity index is 1010. The van der Waals surface area contributed by atoms with Crippen molar-refractivity contribution >= 4 is 28.5 Å². The maximum atomic E-state index is 12.7. The first-order valence-corrected chi connectivity index (χ1v) is 9.56. The van der Waals surface area contributed by atoms with E-state index in [4.69, 9.17) is 0 Å². The molecule has 0 saturated heterocycles. The number of nitrogens with one attached hydrogen (secondary N) is 2. The van der Waals surface area contributed by atoms with Crippen LogP contribution in [0.4, 0.5) is 5.69 Å². The zero-order chi connectivity index (χ0) is 20.1. The highest BCUT2D eigenvalue weighted by molar-refractivity contribution is 5.92. The molecule has 1 aromatic heterocycles. The van der Waals surface area contributed by atoms with Gasteiger partial charge in [-0.05, 0) is 44.0 Å². The maximum Gasteiger partial charge on any atom is 0.244 e. The molecule has 0 radical (unpaired) electrons. The van der Waals surface area contributed by atoms with E-state index in [1.54, 1.807) is 0 Å². The second kappa shape index (κ2) is 8.69. The van der Waals surface area contributed by atoms with Crippen molar-refractivity contribution in [1.29, 1.82) is 0 Å². The van der Waals surface area contributed by atoms with Gasteiger partial charge in [-0.2, -0.15) is 0 Å². The number of aryl methyl sites for hydroxylation is 2. The zero-order valence-corrected chi connectivity index (χ0v) is 16.6. The van der Waals surface area contributed by atoms with Gasteiger partial charge in [-0.15, -0.1) is 0 Å². The van der Waals surface area contributed by atoms with Crippen LogP contribution in [0.2, 0.25) is 0 Å². The van der Waals surface area contributed by atoms with Crippen LogP contribution in [0.5, 0.6) is 0 Å². The molecule has 2 N–H and O–H groups in total. The summed E-state index contributed by atoms with van der Waals surface area (Å²) in [5.41, 5.74) is 4.66. The van der Waals surface area contributed by atoms with Gasteiger partial charge in [0.25, 0.3) is 0 Å². The van der Waals surface area contributed by atoms with Gasteiger partial charge in [0.1, 0.15) is 12.4 Å². The van der Waals surface area contributed by atoms with E-state index in [2.05, 4.69) is 15.6 Å².